The van der Waals surface area contributed by atoms with Gasteiger partial charge in [0.1, 0.15) is 0 Å². The largest absolute Gasteiger partial charge is 0.350 e. The number of nitrogens with zero attached hydrogens (tertiary/aromatic N) is 5. The number of anilines is 1. The van der Waals surface area contributed by atoms with Crippen molar-refractivity contribution in [3.05, 3.63) is 10.4 Å². The molecule has 0 spiro atoms. The van der Waals surface area contributed by atoms with Gasteiger partial charge in [-0.1, -0.05) is 11.6 Å². The van der Waals surface area contributed by atoms with Crippen molar-refractivity contribution in [1.82, 2.24) is 15.2 Å². The van der Waals surface area contributed by atoms with E-state index in [-0.39, 0.29) is 16.5 Å². The van der Waals surface area contributed by atoms with Crippen LogP contribution in [0.5, 0.6) is 0 Å². The van der Waals surface area contributed by atoms with E-state index in [0.717, 1.165) is 0 Å². The Morgan fingerprint density at radius 3 is 2.62 bits per heavy atom. The Morgan fingerprint density at radius 1 is 1.38 bits per heavy atom. The fourth-order valence-electron chi connectivity index (χ4n) is 1.25. The minimum atomic E-state index is 0.0435. The third-order valence-electron chi connectivity index (χ3n) is 1.96. The predicted molar refractivity (Wildman–Crippen MR) is 62.6 cm³/mol. The minimum absolute atomic E-state index is 0.0435. The summed E-state index contributed by atoms with van der Waals surface area (Å²) in [5.74, 6) is 0.465. The lowest BCUT2D eigenvalue weighted by atomic mass is 10.3. The van der Waals surface area contributed by atoms with Gasteiger partial charge in [0.05, 0.1) is 12.5 Å². The number of halogens is 2. The summed E-state index contributed by atoms with van der Waals surface area (Å²) in [7, 11) is 0. The number of aromatic nitrogens is 3. The van der Waals surface area contributed by atoms with Crippen molar-refractivity contribution < 1.29 is 0 Å². The second-order valence-corrected chi connectivity index (χ2v) is 4.09. The van der Waals surface area contributed by atoms with Crippen LogP contribution in [0.4, 0.5) is 5.82 Å². The van der Waals surface area contributed by atoms with Crippen LogP contribution in [0.15, 0.2) is 0 Å². The molecule has 0 radical (unpaired) electrons. The molecule has 0 saturated heterocycles. The molecule has 0 N–H and O–H groups in total. The third-order valence-corrected chi connectivity index (χ3v) is 2.37. The highest BCUT2D eigenvalue weighted by molar-refractivity contribution is 6.32. The monoisotopic (exact) mass is 259 g/mol. The Bertz CT molecular complexity index is 401. The summed E-state index contributed by atoms with van der Waals surface area (Å²) in [5, 5.41) is 16.0. The molecule has 0 aliphatic carbocycles. The van der Waals surface area contributed by atoms with Crippen LogP contribution in [-0.4, -0.2) is 27.8 Å². The average Bonchev–Trinajstić information content (AvgIpc) is 2.23. The summed E-state index contributed by atoms with van der Waals surface area (Å²) >= 11 is 11.6. The van der Waals surface area contributed by atoms with E-state index in [1.807, 2.05) is 18.7 Å². The van der Waals surface area contributed by atoms with Gasteiger partial charge in [0, 0.05) is 12.6 Å². The predicted octanol–water partition coefficient (Wildman–Crippen LogP) is 2.31. The highest BCUT2D eigenvalue weighted by Gasteiger charge is 2.17. The zero-order valence-corrected chi connectivity index (χ0v) is 10.5. The first-order chi connectivity index (χ1) is 7.56. The summed E-state index contributed by atoms with van der Waals surface area (Å²) < 4.78 is 0. The van der Waals surface area contributed by atoms with Crippen molar-refractivity contribution in [2.45, 2.75) is 26.3 Å². The molecule has 0 saturated carbocycles. The number of rotatable bonds is 4. The van der Waals surface area contributed by atoms with Crippen molar-refractivity contribution in [2.75, 3.05) is 11.4 Å². The Kier molecular flexibility index (Phi) is 4.71. The first kappa shape index (κ1) is 12.9. The number of hydrogen-bond acceptors (Lipinski definition) is 5. The van der Waals surface area contributed by atoms with E-state index in [1.165, 1.54) is 0 Å². The summed E-state index contributed by atoms with van der Waals surface area (Å²) in [4.78, 5) is 5.89. The minimum Gasteiger partial charge on any atom is -0.350 e. The van der Waals surface area contributed by atoms with Crippen molar-refractivity contribution >= 4 is 29.0 Å². The Hall–Kier alpha value is -1.12. The molecule has 5 nitrogen and oxygen atoms in total. The molecule has 0 unspecified atom stereocenters. The maximum absolute atomic E-state index is 8.58. The van der Waals surface area contributed by atoms with Crippen LogP contribution >= 0.6 is 23.2 Å². The van der Waals surface area contributed by atoms with Crippen LogP contribution < -0.4 is 4.90 Å². The molecule has 1 rings (SSSR count). The maximum Gasteiger partial charge on any atom is 0.245 e. The third kappa shape index (κ3) is 3.19. The number of nitriles is 1. The molecule has 0 fully saturated rings. The van der Waals surface area contributed by atoms with Gasteiger partial charge in [-0.15, -0.1) is 10.2 Å². The molecule has 1 aromatic rings. The van der Waals surface area contributed by atoms with Crippen LogP contribution in [0.2, 0.25) is 10.4 Å². The fourth-order valence-corrected chi connectivity index (χ4v) is 1.55. The molecule has 7 heteroatoms. The molecule has 16 heavy (non-hydrogen) atoms. The van der Waals surface area contributed by atoms with Crippen molar-refractivity contribution in [3.8, 4) is 6.07 Å². The SMILES string of the molecule is CC(C)N(CCC#N)c1nc(Cl)nnc1Cl. The van der Waals surface area contributed by atoms with Gasteiger partial charge in [0.25, 0.3) is 0 Å². The van der Waals surface area contributed by atoms with Gasteiger partial charge >= 0.3 is 0 Å². The average molecular weight is 260 g/mol. The molecule has 0 aliphatic heterocycles. The summed E-state index contributed by atoms with van der Waals surface area (Å²) in [6, 6.07) is 2.23. The van der Waals surface area contributed by atoms with Gasteiger partial charge < -0.3 is 4.90 Å². The lowest BCUT2D eigenvalue weighted by molar-refractivity contribution is 0.671. The van der Waals surface area contributed by atoms with E-state index in [1.54, 1.807) is 0 Å². The highest BCUT2D eigenvalue weighted by atomic mass is 35.5. The molecular formula is C9H11Cl2N5. The second kappa shape index (κ2) is 5.83. The molecule has 1 aromatic heterocycles. The first-order valence-electron chi connectivity index (χ1n) is 4.75. The molecule has 86 valence electrons. The highest BCUT2D eigenvalue weighted by Crippen LogP contribution is 2.23. The standard InChI is InChI=1S/C9H11Cl2N5/c1-6(2)16(5-3-4-12)8-7(10)14-15-9(11)13-8/h6H,3,5H2,1-2H3. The van der Waals surface area contributed by atoms with Crippen LogP contribution in [0, 0.1) is 11.3 Å². The topological polar surface area (TPSA) is 65.7 Å². The van der Waals surface area contributed by atoms with Crippen molar-refractivity contribution in [1.29, 1.82) is 5.26 Å². The van der Waals surface area contributed by atoms with E-state index in [9.17, 15) is 0 Å². The van der Waals surface area contributed by atoms with Crippen LogP contribution in [-0.2, 0) is 0 Å². The summed E-state index contributed by atoms with van der Waals surface area (Å²) in [6.45, 7) is 4.48. The second-order valence-electron chi connectivity index (χ2n) is 3.39. The normalized spacial score (nSPS) is 10.2. The lowest BCUT2D eigenvalue weighted by Crippen LogP contribution is -2.33. The quantitative estimate of drug-likeness (QED) is 0.831. The van der Waals surface area contributed by atoms with E-state index < -0.39 is 0 Å². The van der Waals surface area contributed by atoms with Crippen LogP contribution in [0.1, 0.15) is 20.3 Å². The van der Waals surface area contributed by atoms with Crippen LogP contribution in [0.3, 0.4) is 0 Å². The van der Waals surface area contributed by atoms with E-state index >= 15 is 0 Å². The van der Waals surface area contributed by atoms with E-state index in [0.29, 0.717) is 18.8 Å². The van der Waals surface area contributed by atoms with Gasteiger partial charge in [-0.3, -0.25) is 0 Å². The Labute approximate surface area is 104 Å². The number of hydrogen-bond donors (Lipinski definition) is 0. The molecule has 0 aromatic carbocycles. The van der Waals surface area contributed by atoms with Gasteiger partial charge in [-0.05, 0) is 25.4 Å². The molecular weight excluding hydrogens is 249 g/mol. The zero-order chi connectivity index (χ0) is 12.1. The van der Waals surface area contributed by atoms with Gasteiger partial charge in [0.15, 0.2) is 11.0 Å². The van der Waals surface area contributed by atoms with Gasteiger partial charge in [-0.25, -0.2) is 0 Å². The smallest absolute Gasteiger partial charge is 0.245 e. The Balaban J connectivity index is 3.01. The van der Waals surface area contributed by atoms with E-state index in [4.69, 9.17) is 28.5 Å². The summed E-state index contributed by atoms with van der Waals surface area (Å²) in [5.41, 5.74) is 0. The van der Waals surface area contributed by atoms with Crippen molar-refractivity contribution in [3.63, 3.8) is 0 Å². The molecule has 0 amide bonds. The molecule has 0 atom stereocenters. The maximum atomic E-state index is 8.58. The summed E-state index contributed by atoms with van der Waals surface area (Å²) in [6.07, 6.45) is 0.385. The van der Waals surface area contributed by atoms with Gasteiger partial charge in [0.2, 0.25) is 5.28 Å². The van der Waals surface area contributed by atoms with Crippen LogP contribution in [0.25, 0.3) is 0 Å². The molecule has 0 aliphatic rings. The Morgan fingerprint density at radius 2 is 2.06 bits per heavy atom. The lowest BCUT2D eigenvalue weighted by Gasteiger charge is -2.26. The zero-order valence-electron chi connectivity index (χ0n) is 8.98. The van der Waals surface area contributed by atoms with E-state index in [2.05, 4.69) is 21.3 Å². The van der Waals surface area contributed by atoms with Crippen molar-refractivity contribution in [2.24, 2.45) is 0 Å². The molecule has 0 bridgehead atoms. The van der Waals surface area contributed by atoms with Gasteiger partial charge in [-0.2, -0.15) is 10.2 Å². The molecule has 1 heterocycles. The fraction of sp³-hybridized carbons (Fsp3) is 0.556. The first-order valence-corrected chi connectivity index (χ1v) is 5.51.